The fourth-order valence-corrected chi connectivity index (χ4v) is 1.76. The molecule has 0 unspecified atom stereocenters. The molecular formula is C12H13N3S. The molecule has 0 aliphatic carbocycles. The van der Waals surface area contributed by atoms with E-state index in [-0.39, 0.29) is 0 Å². The lowest BCUT2D eigenvalue weighted by molar-refractivity contribution is 0.972. The molecule has 2 N–H and O–H groups in total. The molecule has 0 aliphatic rings. The summed E-state index contributed by atoms with van der Waals surface area (Å²) in [6.45, 7) is 0.553. The second kappa shape index (κ2) is 5.09. The lowest BCUT2D eigenvalue weighted by Gasteiger charge is -2.03. The van der Waals surface area contributed by atoms with Gasteiger partial charge in [0.05, 0.1) is 0 Å². The lowest BCUT2D eigenvalue weighted by Crippen LogP contribution is -1.96. The Bertz CT molecular complexity index is 468. The van der Waals surface area contributed by atoms with Crippen LogP contribution in [0.15, 0.2) is 41.8 Å². The van der Waals surface area contributed by atoms with E-state index < -0.39 is 0 Å². The van der Waals surface area contributed by atoms with Crippen LogP contribution < -0.4 is 5.73 Å². The van der Waals surface area contributed by atoms with Gasteiger partial charge in [-0.2, -0.15) is 0 Å². The van der Waals surface area contributed by atoms with Gasteiger partial charge in [0.15, 0.2) is 5.16 Å². The first-order valence-electron chi connectivity index (χ1n) is 4.99. The van der Waals surface area contributed by atoms with E-state index in [1.807, 2.05) is 36.8 Å². The van der Waals surface area contributed by atoms with E-state index in [1.165, 1.54) is 11.8 Å². The predicted molar refractivity (Wildman–Crippen MR) is 67.1 cm³/mol. The van der Waals surface area contributed by atoms with E-state index in [4.69, 9.17) is 5.73 Å². The summed E-state index contributed by atoms with van der Waals surface area (Å²) < 4.78 is 0. The number of thioether (sulfide) groups is 1. The van der Waals surface area contributed by atoms with Crippen LogP contribution >= 0.6 is 11.8 Å². The number of hydrogen-bond acceptors (Lipinski definition) is 4. The van der Waals surface area contributed by atoms with Gasteiger partial charge in [-0.3, -0.25) is 0 Å². The molecule has 3 nitrogen and oxygen atoms in total. The summed E-state index contributed by atoms with van der Waals surface area (Å²) >= 11 is 1.54. The Kier molecular flexibility index (Phi) is 3.54. The molecule has 1 aromatic heterocycles. The quantitative estimate of drug-likeness (QED) is 0.650. The van der Waals surface area contributed by atoms with Crippen molar-refractivity contribution in [2.45, 2.75) is 11.7 Å². The SMILES string of the molecule is CSc1ncc(-c2cccc(CN)c2)cn1. The van der Waals surface area contributed by atoms with Gasteiger partial charge in [-0.25, -0.2) is 9.97 Å². The first-order chi connectivity index (χ1) is 7.83. The van der Waals surface area contributed by atoms with Crippen LogP contribution in [0, 0.1) is 0 Å². The van der Waals surface area contributed by atoms with Crippen LogP contribution in [0.2, 0.25) is 0 Å². The Morgan fingerprint density at radius 2 is 1.94 bits per heavy atom. The van der Waals surface area contributed by atoms with Crippen molar-refractivity contribution in [3.63, 3.8) is 0 Å². The molecule has 0 atom stereocenters. The van der Waals surface area contributed by atoms with Gasteiger partial charge < -0.3 is 5.73 Å². The van der Waals surface area contributed by atoms with Crippen LogP contribution in [0.3, 0.4) is 0 Å². The van der Waals surface area contributed by atoms with Gasteiger partial charge in [-0.05, 0) is 23.4 Å². The van der Waals surface area contributed by atoms with Crippen molar-refractivity contribution in [3.8, 4) is 11.1 Å². The Morgan fingerprint density at radius 3 is 2.56 bits per heavy atom. The topological polar surface area (TPSA) is 51.8 Å². The van der Waals surface area contributed by atoms with Gasteiger partial charge in [0, 0.05) is 24.5 Å². The highest BCUT2D eigenvalue weighted by Gasteiger charge is 2.00. The van der Waals surface area contributed by atoms with E-state index in [1.54, 1.807) is 0 Å². The van der Waals surface area contributed by atoms with E-state index in [9.17, 15) is 0 Å². The second-order valence-electron chi connectivity index (χ2n) is 3.36. The van der Waals surface area contributed by atoms with Gasteiger partial charge in [0.2, 0.25) is 0 Å². The summed E-state index contributed by atoms with van der Waals surface area (Å²) in [4.78, 5) is 8.50. The lowest BCUT2D eigenvalue weighted by atomic mass is 10.1. The summed E-state index contributed by atoms with van der Waals surface area (Å²) in [7, 11) is 0. The number of rotatable bonds is 3. The number of nitrogens with two attached hydrogens (primary N) is 1. The van der Waals surface area contributed by atoms with Crippen molar-refractivity contribution in [3.05, 3.63) is 42.2 Å². The fraction of sp³-hybridized carbons (Fsp3) is 0.167. The zero-order valence-corrected chi connectivity index (χ0v) is 9.87. The second-order valence-corrected chi connectivity index (χ2v) is 4.14. The highest BCUT2D eigenvalue weighted by atomic mass is 32.2. The van der Waals surface area contributed by atoms with Crippen LogP contribution in [-0.4, -0.2) is 16.2 Å². The third kappa shape index (κ3) is 2.40. The summed E-state index contributed by atoms with van der Waals surface area (Å²) in [6, 6.07) is 8.12. The van der Waals surface area contributed by atoms with Crippen molar-refractivity contribution in [1.29, 1.82) is 0 Å². The first-order valence-corrected chi connectivity index (χ1v) is 6.21. The molecule has 0 amide bonds. The summed E-state index contributed by atoms with van der Waals surface area (Å²) in [5.74, 6) is 0. The van der Waals surface area contributed by atoms with Crippen LogP contribution in [0.1, 0.15) is 5.56 Å². The van der Waals surface area contributed by atoms with Crippen LogP contribution in [0.4, 0.5) is 0 Å². The number of aromatic nitrogens is 2. The normalized spacial score (nSPS) is 10.4. The maximum absolute atomic E-state index is 5.61. The van der Waals surface area contributed by atoms with E-state index in [2.05, 4.69) is 16.0 Å². The third-order valence-electron chi connectivity index (χ3n) is 2.31. The van der Waals surface area contributed by atoms with Gasteiger partial charge in [-0.1, -0.05) is 30.0 Å². The third-order valence-corrected chi connectivity index (χ3v) is 2.88. The molecule has 0 saturated heterocycles. The Morgan fingerprint density at radius 1 is 1.19 bits per heavy atom. The molecule has 0 aliphatic heterocycles. The summed E-state index contributed by atoms with van der Waals surface area (Å²) in [5, 5.41) is 0.790. The molecule has 16 heavy (non-hydrogen) atoms. The molecule has 1 aromatic carbocycles. The van der Waals surface area contributed by atoms with Crippen molar-refractivity contribution in [1.82, 2.24) is 9.97 Å². The largest absolute Gasteiger partial charge is 0.326 e. The molecule has 0 bridgehead atoms. The highest BCUT2D eigenvalue weighted by molar-refractivity contribution is 7.98. The van der Waals surface area contributed by atoms with E-state index >= 15 is 0 Å². The van der Waals surface area contributed by atoms with Crippen molar-refractivity contribution >= 4 is 11.8 Å². The molecule has 82 valence electrons. The van der Waals surface area contributed by atoms with Crippen LogP contribution in [0.25, 0.3) is 11.1 Å². The van der Waals surface area contributed by atoms with Gasteiger partial charge in [-0.15, -0.1) is 0 Å². The molecular weight excluding hydrogens is 218 g/mol. The molecule has 2 rings (SSSR count). The van der Waals surface area contributed by atoms with Gasteiger partial charge in [0.25, 0.3) is 0 Å². The Labute approximate surface area is 99.1 Å². The zero-order chi connectivity index (χ0) is 11.4. The molecule has 1 heterocycles. The monoisotopic (exact) mass is 231 g/mol. The number of benzene rings is 1. The van der Waals surface area contributed by atoms with Gasteiger partial charge >= 0.3 is 0 Å². The maximum atomic E-state index is 5.61. The zero-order valence-electron chi connectivity index (χ0n) is 9.05. The molecule has 0 fully saturated rings. The van der Waals surface area contributed by atoms with E-state index in [0.717, 1.165) is 21.8 Å². The van der Waals surface area contributed by atoms with Crippen molar-refractivity contribution in [2.24, 2.45) is 5.73 Å². The van der Waals surface area contributed by atoms with Crippen LogP contribution in [-0.2, 0) is 6.54 Å². The minimum absolute atomic E-state index is 0.553. The highest BCUT2D eigenvalue weighted by Crippen LogP contribution is 2.19. The minimum Gasteiger partial charge on any atom is -0.326 e. The maximum Gasteiger partial charge on any atom is 0.187 e. The molecule has 0 spiro atoms. The number of hydrogen-bond donors (Lipinski definition) is 1. The average Bonchev–Trinajstić information content (AvgIpc) is 2.39. The Hall–Kier alpha value is -1.39. The molecule has 0 radical (unpaired) electrons. The standard InChI is InChI=1S/C12H13N3S/c1-16-12-14-7-11(8-15-12)10-4-2-3-9(5-10)6-13/h2-5,7-8H,6,13H2,1H3. The van der Waals surface area contributed by atoms with Crippen molar-refractivity contribution in [2.75, 3.05) is 6.26 Å². The van der Waals surface area contributed by atoms with Crippen molar-refractivity contribution < 1.29 is 0 Å². The predicted octanol–water partition coefficient (Wildman–Crippen LogP) is 2.32. The minimum atomic E-state index is 0.553. The van der Waals surface area contributed by atoms with Gasteiger partial charge in [0.1, 0.15) is 0 Å². The Balaban J connectivity index is 2.34. The number of nitrogens with zero attached hydrogens (tertiary/aromatic N) is 2. The smallest absolute Gasteiger partial charge is 0.187 e. The van der Waals surface area contributed by atoms with Crippen LogP contribution in [0.5, 0.6) is 0 Å². The average molecular weight is 231 g/mol. The summed E-state index contributed by atoms with van der Waals surface area (Å²) in [5.41, 5.74) is 8.85. The molecule has 0 saturated carbocycles. The fourth-order valence-electron chi connectivity index (χ4n) is 1.45. The molecule has 2 aromatic rings. The molecule has 4 heteroatoms. The summed E-state index contributed by atoms with van der Waals surface area (Å²) in [6.07, 6.45) is 5.65. The first kappa shape index (κ1) is 11.1. The van der Waals surface area contributed by atoms with E-state index in [0.29, 0.717) is 6.54 Å².